The highest BCUT2D eigenvalue weighted by molar-refractivity contribution is 7.99. The molecule has 0 fully saturated rings. The molecule has 0 saturated carbocycles. The number of ether oxygens (including phenoxy) is 1. The molecule has 1 heterocycles. The first-order chi connectivity index (χ1) is 13.2. The maximum absolute atomic E-state index is 14.0. The van der Waals surface area contributed by atoms with Gasteiger partial charge in [-0.25, -0.2) is 4.39 Å². The number of nitrogens with zero attached hydrogens (tertiary/aromatic N) is 3. The highest BCUT2D eigenvalue weighted by Gasteiger charge is 2.14. The predicted molar refractivity (Wildman–Crippen MR) is 107 cm³/mol. The first-order valence-corrected chi connectivity index (χ1v) is 9.59. The molecule has 0 N–H and O–H groups in total. The van der Waals surface area contributed by atoms with E-state index in [0.717, 1.165) is 22.0 Å². The molecule has 4 rings (SSSR count). The second-order valence-corrected chi connectivity index (χ2v) is 7.11. The minimum Gasteiger partial charge on any atom is -0.493 e. The largest absolute Gasteiger partial charge is 0.493 e. The summed E-state index contributed by atoms with van der Waals surface area (Å²) < 4.78 is 21.6. The molecule has 0 amide bonds. The third-order valence-corrected chi connectivity index (χ3v) is 5.24. The van der Waals surface area contributed by atoms with Crippen LogP contribution < -0.4 is 4.74 Å². The Labute approximate surface area is 161 Å². The standard InChI is InChI=1S/C21H18FN3OS/c1-25-20(18-8-4-5-9-19(18)22)23-24-21(25)27-13-12-26-17-11-10-15-6-2-3-7-16(15)14-17/h2-11,14H,12-13H2,1H3. The van der Waals surface area contributed by atoms with Crippen molar-refractivity contribution in [3.8, 4) is 17.1 Å². The van der Waals surface area contributed by atoms with E-state index in [2.05, 4.69) is 28.4 Å². The van der Waals surface area contributed by atoms with E-state index in [1.165, 1.54) is 23.2 Å². The molecule has 0 bridgehead atoms. The number of rotatable bonds is 6. The van der Waals surface area contributed by atoms with Crippen LogP contribution in [0, 0.1) is 5.82 Å². The van der Waals surface area contributed by atoms with Gasteiger partial charge in [0.25, 0.3) is 0 Å². The van der Waals surface area contributed by atoms with Crippen LogP contribution in [0.5, 0.6) is 5.75 Å². The molecular weight excluding hydrogens is 361 g/mol. The molecule has 0 aliphatic heterocycles. The second kappa shape index (κ2) is 7.80. The van der Waals surface area contributed by atoms with Gasteiger partial charge in [-0.15, -0.1) is 10.2 Å². The van der Waals surface area contributed by atoms with Crippen LogP contribution in [-0.2, 0) is 7.05 Å². The molecule has 3 aromatic carbocycles. The summed E-state index contributed by atoms with van der Waals surface area (Å²) >= 11 is 1.53. The van der Waals surface area contributed by atoms with E-state index in [1.54, 1.807) is 22.8 Å². The zero-order valence-corrected chi connectivity index (χ0v) is 15.6. The summed E-state index contributed by atoms with van der Waals surface area (Å²) in [6.07, 6.45) is 0. The lowest BCUT2D eigenvalue weighted by atomic mass is 10.1. The van der Waals surface area contributed by atoms with Gasteiger partial charge in [0.2, 0.25) is 0 Å². The maximum Gasteiger partial charge on any atom is 0.191 e. The van der Waals surface area contributed by atoms with Crippen molar-refractivity contribution in [3.63, 3.8) is 0 Å². The Bertz CT molecular complexity index is 1080. The number of aromatic nitrogens is 3. The molecule has 4 aromatic rings. The fourth-order valence-corrected chi connectivity index (χ4v) is 3.60. The highest BCUT2D eigenvalue weighted by Crippen LogP contribution is 2.25. The van der Waals surface area contributed by atoms with Gasteiger partial charge in [-0.2, -0.15) is 0 Å². The normalized spacial score (nSPS) is 11.0. The van der Waals surface area contributed by atoms with Crippen molar-refractivity contribution < 1.29 is 9.13 Å². The topological polar surface area (TPSA) is 39.9 Å². The van der Waals surface area contributed by atoms with Gasteiger partial charge < -0.3 is 9.30 Å². The lowest BCUT2D eigenvalue weighted by Gasteiger charge is -2.07. The molecule has 4 nitrogen and oxygen atoms in total. The zero-order valence-electron chi connectivity index (χ0n) is 14.8. The van der Waals surface area contributed by atoms with Gasteiger partial charge in [0.15, 0.2) is 11.0 Å². The fourth-order valence-electron chi connectivity index (χ4n) is 2.87. The molecule has 0 unspecified atom stereocenters. The summed E-state index contributed by atoms with van der Waals surface area (Å²) in [6, 6.07) is 20.8. The van der Waals surface area contributed by atoms with Crippen molar-refractivity contribution in [3.05, 3.63) is 72.5 Å². The number of halogens is 1. The second-order valence-electron chi connectivity index (χ2n) is 6.05. The molecule has 6 heteroatoms. The average molecular weight is 379 g/mol. The Balaban J connectivity index is 1.37. The molecule has 0 radical (unpaired) electrons. The Hall–Kier alpha value is -2.86. The van der Waals surface area contributed by atoms with Crippen LogP contribution in [0.15, 0.2) is 71.9 Å². The van der Waals surface area contributed by atoms with Gasteiger partial charge in [-0.05, 0) is 35.0 Å². The summed E-state index contributed by atoms with van der Waals surface area (Å²) in [5, 5.41) is 11.4. The Morgan fingerprint density at radius 1 is 0.963 bits per heavy atom. The van der Waals surface area contributed by atoms with Crippen molar-refractivity contribution >= 4 is 22.5 Å². The summed E-state index contributed by atoms with van der Waals surface area (Å²) in [4.78, 5) is 0. The molecule has 27 heavy (non-hydrogen) atoms. The minimum atomic E-state index is -0.302. The summed E-state index contributed by atoms with van der Waals surface area (Å²) in [7, 11) is 1.84. The Morgan fingerprint density at radius 3 is 2.59 bits per heavy atom. The number of benzene rings is 3. The minimum absolute atomic E-state index is 0.302. The van der Waals surface area contributed by atoms with Gasteiger partial charge in [-0.1, -0.05) is 54.2 Å². The van der Waals surface area contributed by atoms with E-state index in [9.17, 15) is 4.39 Å². The maximum atomic E-state index is 14.0. The van der Waals surface area contributed by atoms with Crippen LogP contribution in [0.25, 0.3) is 22.2 Å². The molecule has 0 aliphatic rings. The highest BCUT2D eigenvalue weighted by atomic mass is 32.2. The smallest absolute Gasteiger partial charge is 0.191 e. The third kappa shape index (κ3) is 3.80. The van der Waals surface area contributed by atoms with Gasteiger partial charge >= 0.3 is 0 Å². The lowest BCUT2D eigenvalue weighted by Crippen LogP contribution is -2.02. The summed E-state index contributed by atoms with van der Waals surface area (Å²) in [5.41, 5.74) is 0.451. The quantitative estimate of drug-likeness (QED) is 0.351. The van der Waals surface area contributed by atoms with E-state index in [0.29, 0.717) is 18.0 Å². The third-order valence-electron chi connectivity index (χ3n) is 4.25. The summed E-state index contributed by atoms with van der Waals surface area (Å²) in [6.45, 7) is 0.547. The molecule has 0 spiro atoms. The van der Waals surface area contributed by atoms with E-state index >= 15 is 0 Å². The van der Waals surface area contributed by atoms with Crippen molar-refractivity contribution in [1.82, 2.24) is 14.8 Å². The monoisotopic (exact) mass is 379 g/mol. The molecule has 0 atom stereocenters. The van der Waals surface area contributed by atoms with Crippen LogP contribution >= 0.6 is 11.8 Å². The Morgan fingerprint density at radius 2 is 1.74 bits per heavy atom. The van der Waals surface area contributed by atoms with Crippen molar-refractivity contribution in [2.45, 2.75) is 5.16 Å². The first-order valence-electron chi connectivity index (χ1n) is 8.61. The van der Waals surface area contributed by atoms with E-state index in [-0.39, 0.29) is 5.82 Å². The van der Waals surface area contributed by atoms with Crippen molar-refractivity contribution in [2.24, 2.45) is 7.05 Å². The molecular formula is C21H18FN3OS. The van der Waals surface area contributed by atoms with Gasteiger partial charge in [0.05, 0.1) is 12.2 Å². The van der Waals surface area contributed by atoms with E-state index in [4.69, 9.17) is 4.74 Å². The average Bonchev–Trinajstić information content (AvgIpc) is 3.06. The zero-order chi connectivity index (χ0) is 18.6. The van der Waals surface area contributed by atoms with Gasteiger partial charge in [0, 0.05) is 12.8 Å². The summed E-state index contributed by atoms with van der Waals surface area (Å²) in [5.74, 6) is 1.78. The fraction of sp³-hybridized carbons (Fsp3) is 0.143. The van der Waals surface area contributed by atoms with Crippen LogP contribution in [0.3, 0.4) is 0 Å². The van der Waals surface area contributed by atoms with Crippen LogP contribution in [0.2, 0.25) is 0 Å². The van der Waals surface area contributed by atoms with E-state index < -0.39 is 0 Å². The van der Waals surface area contributed by atoms with Gasteiger partial charge in [0.1, 0.15) is 11.6 Å². The lowest BCUT2D eigenvalue weighted by molar-refractivity contribution is 0.344. The molecule has 0 saturated heterocycles. The number of thioether (sulfide) groups is 1. The van der Waals surface area contributed by atoms with Crippen LogP contribution in [0.4, 0.5) is 4.39 Å². The number of hydrogen-bond donors (Lipinski definition) is 0. The van der Waals surface area contributed by atoms with E-state index in [1.807, 2.05) is 31.3 Å². The van der Waals surface area contributed by atoms with Crippen molar-refractivity contribution in [1.29, 1.82) is 0 Å². The first kappa shape index (κ1) is 17.5. The molecule has 0 aliphatic carbocycles. The van der Waals surface area contributed by atoms with Gasteiger partial charge in [-0.3, -0.25) is 0 Å². The predicted octanol–water partition coefficient (Wildman–Crippen LogP) is 4.95. The van der Waals surface area contributed by atoms with Crippen molar-refractivity contribution in [2.75, 3.05) is 12.4 Å². The Kier molecular flexibility index (Phi) is 5.07. The number of hydrogen-bond acceptors (Lipinski definition) is 4. The van der Waals surface area contributed by atoms with Crippen LogP contribution in [0.1, 0.15) is 0 Å². The van der Waals surface area contributed by atoms with Crippen LogP contribution in [-0.4, -0.2) is 27.1 Å². The molecule has 136 valence electrons. The molecule has 1 aromatic heterocycles. The number of fused-ring (bicyclic) bond motifs is 1. The SMILES string of the molecule is Cn1c(SCCOc2ccc3ccccc3c2)nnc1-c1ccccc1F.